The lowest BCUT2D eigenvalue weighted by Gasteiger charge is -1.95. The molecule has 0 unspecified atom stereocenters. The quantitative estimate of drug-likeness (QED) is 0.750. The molecule has 0 bridgehead atoms. The number of nitrogens with zero attached hydrogens (tertiary/aromatic N) is 1. The molecule has 0 fully saturated rings. The Hall–Kier alpha value is -2.07. The molecule has 86 valence electrons. The minimum absolute atomic E-state index is 0.137. The number of aliphatic hydroxyl groups is 1. The third kappa shape index (κ3) is 1.83. The van der Waals surface area contributed by atoms with E-state index in [9.17, 15) is 0 Å². The molecule has 0 spiro atoms. The number of oxazole rings is 1. The van der Waals surface area contributed by atoms with Gasteiger partial charge in [-0.1, -0.05) is 6.07 Å². The maximum absolute atomic E-state index is 8.89. The van der Waals surface area contributed by atoms with E-state index in [2.05, 4.69) is 4.98 Å². The second-order valence-corrected chi connectivity index (χ2v) is 3.81. The van der Waals surface area contributed by atoms with Gasteiger partial charge in [0.05, 0.1) is 11.8 Å². The number of rotatable bonds is 3. The predicted molar refractivity (Wildman–Crippen MR) is 62.5 cm³/mol. The molecule has 0 aliphatic heterocycles. The summed E-state index contributed by atoms with van der Waals surface area (Å²) in [6.07, 6.45) is 3.81. The van der Waals surface area contributed by atoms with Gasteiger partial charge in [0.2, 0.25) is 5.89 Å². The Kier molecular flexibility index (Phi) is 2.42. The Morgan fingerprint density at radius 1 is 1.24 bits per heavy atom. The molecule has 0 aliphatic rings. The van der Waals surface area contributed by atoms with E-state index in [1.54, 1.807) is 18.6 Å². The van der Waals surface area contributed by atoms with Crippen LogP contribution in [0.5, 0.6) is 0 Å². The van der Waals surface area contributed by atoms with E-state index in [1.807, 2.05) is 18.2 Å². The maximum atomic E-state index is 8.89. The van der Waals surface area contributed by atoms with Crippen molar-refractivity contribution in [3.8, 4) is 11.5 Å². The lowest BCUT2D eigenvalue weighted by Crippen LogP contribution is -1.89. The Bertz CT molecular complexity index is 625. The summed E-state index contributed by atoms with van der Waals surface area (Å²) in [4.78, 5) is 4.39. The molecule has 4 nitrogen and oxygen atoms in total. The van der Waals surface area contributed by atoms with Gasteiger partial charge < -0.3 is 13.9 Å². The largest absolute Gasteiger partial charge is 0.472 e. The number of hydrogen-bond acceptors (Lipinski definition) is 4. The van der Waals surface area contributed by atoms with Crippen LogP contribution in [-0.2, 0) is 6.42 Å². The molecule has 1 aromatic carbocycles. The molecule has 0 atom stereocenters. The molecule has 0 aliphatic carbocycles. The van der Waals surface area contributed by atoms with Crippen LogP contribution in [0, 0.1) is 0 Å². The molecule has 4 heteroatoms. The Morgan fingerprint density at radius 3 is 2.94 bits per heavy atom. The first-order valence-corrected chi connectivity index (χ1v) is 5.40. The van der Waals surface area contributed by atoms with E-state index in [0.29, 0.717) is 12.3 Å². The van der Waals surface area contributed by atoms with Crippen molar-refractivity contribution in [3.05, 3.63) is 42.4 Å². The van der Waals surface area contributed by atoms with Crippen LogP contribution in [0.3, 0.4) is 0 Å². The topological polar surface area (TPSA) is 59.4 Å². The second-order valence-electron chi connectivity index (χ2n) is 3.81. The highest BCUT2D eigenvalue weighted by molar-refractivity contribution is 5.76. The number of hydrogen-bond donors (Lipinski definition) is 1. The fraction of sp³-hybridized carbons (Fsp3) is 0.154. The third-order valence-electron chi connectivity index (χ3n) is 2.62. The van der Waals surface area contributed by atoms with E-state index in [4.69, 9.17) is 13.9 Å². The van der Waals surface area contributed by atoms with Gasteiger partial charge in [0, 0.05) is 6.61 Å². The summed E-state index contributed by atoms with van der Waals surface area (Å²) in [6, 6.07) is 7.54. The first-order chi connectivity index (χ1) is 8.36. The molecule has 2 heterocycles. The Balaban J connectivity index is 2.07. The molecule has 2 aromatic heterocycles. The molecule has 0 amide bonds. The average molecular weight is 229 g/mol. The molecule has 3 aromatic rings. The van der Waals surface area contributed by atoms with Gasteiger partial charge in [-0.25, -0.2) is 4.98 Å². The highest BCUT2D eigenvalue weighted by Crippen LogP contribution is 2.25. The van der Waals surface area contributed by atoms with Gasteiger partial charge in [-0.3, -0.25) is 0 Å². The summed E-state index contributed by atoms with van der Waals surface area (Å²) in [6.45, 7) is 0.137. The van der Waals surface area contributed by atoms with E-state index < -0.39 is 0 Å². The summed E-state index contributed by atoms with van der Waals surface area (Å²) in [5.41, 5.74) is 3.41. The lowest BCUT2D eigenvalue weighted by molar-refractivity contribution is 0.299. The van der Waals surface area contributed by atoms with Gasteiger partial charge in [-0.15, -0.1) is 0 Å². The van der Waals surface area contributed by atoms with Gasteiger partial charge in [0.15, 0.2) is 5.58 Å². The Morgan fingerprint density at radius 2 is 2.18 bits per heavy atom. The summed E-state index contributed by atoms with van der Waals surface area (Å²) in [7, 11) is 0. The van der Waals surface area contributed by atoms with Gasteiger partial charge in [0.25, 0.3) is 0 Å². The number of benzene rings is 1. The number of furan rings is 1. The minimum atomic E-state index is 0.137. The van der Waals surface area contributed by atoms with Crippen LogP contribution >= 0.6 is 0 Å². The van der Waals surface area contributed by atoms with Crippen LogP contribution in [0.15, 0.2) is 45.6 Å². The van der Waals surface area contributed by atoms with Gasteiger partial charge in [-0.2, -0.15) is 0 Å². The van der Waals surface area contributed by atoms with E-state index in [-0.39, 0.29) is 6.61 Å². The summed E-state index contributed by atoms with van der Waals surface area (Å²) >= 11 is 0. The fourth-order valence-electron chi connectivity index (χ4n) is 1.77. The molecule has 0 radical (unpaired) electrons. The first-order valence-electron chi connectivity index (χ1n) is 5.40. The zero-order chi connectivity index (χ0) is 11.7. The first kappa shape index (κ1) is 10.1. The van der Waals surface area contributed by atoms with Crippen molar-refractivity contribution in [2.75, 3.05) is 6.61 Å². The van der Waals surface area contributed by atoms with Crippen LogP contribution in [-0.4, -0.2) is 16.7 Å². The maximum Gasteiger partial charge on any atom is 0.230 e. The normalized spacial score (nSPS) is 11.1. The van der Waals surface area contributed by atoms with Crippen LogP contribution in [0.25, 0.3) is 22.6 Å². The van der Waals surface area contributed by atoms with Crippen molar-refractivity contribution in [1.29, 1.82) is 0 Å². The van der Waals surface area contributed by atoms with Crippen molar-refractivity contribution in [3.63, 3.8) is 0 Å². The van der Waals surface area contributed by atoms with E-state index in [1.165, 1.54) is 0 Å². The SMILES string of the molecule is OCCc1ccc2oc(-c3ccoc3)nc2c1. The van der Waals surface area contributed by atoms with Crippen molar-refractivity contribution < 1.29 is 13.9 Å². The van der Waals surface area contributed by atoms with Crippen molar-refractivity contribution in [2.24, 2.45) is 0 Å². The zero-order valence-corrected chi connectivity index (χ0v) is 9.09. The highest BCUT2D eigenvalue weighted by Gasteiger charge is 2.09. The average Bonchev–Trinajstić information content (AvgIpc) is 2.97. The number of fused-ring (bicyclic) bond motifs is 1. The second kappa shape index (κ2) is 4.07. The number of aliphatic hydroxyl groups excluding tert-OH is 1. The molecule has 0 saturated heterocycles. The summed E-state index contributed by atoms with van der Waals surface area (Å²) in [5, 5.41) is 8.89. The highest BCUT2D eigenvalue weighted by atomic mass is 16.4. The van der Waals surface area contributed by atoms with Gasteiger partial charge in [0.1, 0.15) is 11.8 Å². The Labute approximate surface area is 97.5 Å². The summed E-state index contributed by atoms with van der Waals surface area (Å²) in [5.74, 6) is 0.551. The molecular weight excluding hydrogens is 218 g/mol. The van der Waals surface area contributed by atoms with Crippen molar-refractivity contribution in [2.45, 2.75) is 6.42 Å². The van der Waals surface area contributed by atoms with Crippen LogP contribution in [0.1, 0.15) is 5.56 Å². The summed E-state index contributed by atoms with van der Waals surface area (Å²) < 4.78 is 10.6. The standard InChI is InChI=1S/C13H11NO3/c15-5-3-9-1-2-12-11(7-9)14-13(17-12)10-4-6-16-8-10/h1-2,4,6-8,15H,3,5H2. The molecule has 17 heavy (non-hydrogen) atoms. The minimum Gasteiger partial charge on any atom is -0.472 e. The lowest BCUT2D eigenvalue weighted by atomic mass is 10.1. The number of aromatic nitrogens is 1. The molecule has 1 N–H and O–H groups in total. The van der Waals surface area contributed by atoms with Crippen molar-refractivity contribution >= 4 is 11.1 Å². The fourth-order valence-corrected chi connectivity index (χ4v) is 1.77. The zero-order valence-electron chi connectivity index (χ0n) is 9.09. The van der Waals surface area contributed by atoms with Gasteiger partial charge >= 0.3 is 0 Å². The van der Waals surface area contributed by atoms with Crippen LogP contribution < -0.4 is 0 Å². The molecule has 3 rings (SSSR count). The third-order valence-corrected chi connectivity index (χ3v) is 2.62. The smallest absolute Gasteiger partial charge is 0.230 e. The van der Waals surface area contributed by atoms with Crippen LogP contribution in [0.4, 0.5) is 0 Å². The van der Waals surface area contributed by atoms with Crippen molar-refractivity contribution in [1.82, 2.24) is 4.98 Å². The van der Waals surface area contributed by atoms with Crippen LogP contribution in [0.2, 0.25) is 0 Å². The predicted octanol–water partition coefficient (Wildman–Crippen LogP) is 2.62. The monoisotopic (exact) mass is 229 g/mol. The van der Waals surface area contributed by atoms with E-state index in [0.717, 1.165) is 22.2 Å². The molecule has 0 saturated carbocycles. The van der Waals surface area contributed by atoms with Gasteiger partial charge in [-0.05, 0) is 30.2 Å². The molecular formula is C13H11NO3. The van der Waals surface area contributed by atoms with E-state index >= 15 is 0 Å².